The van der Waals surface area contributed by atoms with E-state index in [9.17, 15) is 4.79 Å². The van der Waals surface area contributed by atoms with Crippen LogP contribution in [-0.4, -0.2) is 21.3 Å². The summed E-state index contributed by atoms with van der Waals surface area (Å²) >= 11 is 0. The van der Waals surface area contributed by atoms with Crippen molar-refractivity contribution in [2.75, 3.05) is 0 Å². The maximum absolute atomic E-state index is 10.7. The Hall–Kier alpha value is -1.97. The maximum Gasteiger partial charge on any atom is 0.335 e. The molecule has 1 N–H and O–H groups in total. The first-order valence-electron chi connectivity index (χ1n) is 4.14. The van der Waals surface area contributed by atoms with E-state index in [1.54, 1.807) is 12.1 Å². The summed E-state index contributed by atoms with van der Waals surface area (Å²) < 4.78 is 0. The highest BCUT2D eigenvalue weighted by molar-refractivity contribution is 5.93. The number of aryl methyl sites for hydroxylation is 1. The molecule has 0 aliphatic carbocycles. The van der Waals surface area contributed by atoms with Crippen molar-refractivity contribution in [1.29, 1.82) is 0 Å². The number of benzene rings is 1. The van der Waals surface area contributed by atoms with Crippen LogP contribution in [0.25, 0.3) is 10.9 Å². The summed E-state index contributed by atoms with van der Waals surface area (Å²) in [6.07, 6.45) is 0. The van der Waals surface area contributed by atoms with Gasteiger partial charge in [-0.15, -0.1) is 0 Å². The second-order valence-corrected chi connectivity index (χ2v) is 3.06. The van der Waals surface area contributed by atoms with Gasteiger partial charge in [0.15, 0.2) is 0 Å². The molecule has 0 aliphatic heterocycles. The molecule has 0 spiro atoms. The minimum absolute atomic E-state index is 0.268. The summed E-state index contributed by atoms with van der Waals surface area (Å²) in [6.45, 7) is 1.82. The minimum Gasteiger partial charge on any atom is -0.478 e. The zero-order valence-corrected chi connectivity index (χ0v) is 7.56. The van der Waals surface area contributed by atoms with Crippen LogP contribution in [0.2, 0.25) is 0 Å². The molecule has 0 fully saturated rings. The van der Waals surface area contributed by atoms with Gasteiger partial charge in [0.1, 0.15) is 0 Å². The van der Waals surface area contributed by atoms with Crippen LogP contribution in [0.3, 0.4) is 0 Å². The molecular weight excluding hydrogens is 180 g/mol. The van der Waals surface area contributed by atoms with Crippen molar-refractivity contribution in [1.82, 2.24) is 10.2 Å². The van der Waals surface area contributed by atoms with Crippen LogP contribution in [-0.2, 0) is 0 Å². The van der Waals surface area contributed by atoms with E-state index in [-0.39, 0.29) is 5.56 Å². The molecule has 4 heteroatoms. The second kappa shape index (κ2) is 3.06. The van der Waals surface area contributed by atoms with E-state index in [0.29, 0.717) is 5.52 Å². The van der Waals surface area contributed by atoms with Crippen LogP contribution in [0, 0.1) is 6.92 Å². The predicted molar refractivity (Wildman–Crippen MR) is 51.2 cm³/mol. The maximum atomic E-state index is 10.7. The summed E-state index contributed by atoms with van der Waals surface area (Å²) in [5.74, 6) is -0.929. The molecule has 70 valence electrons. The van der Waals surface area contributed by atoms with Crippen LogP contribution >= 0.6 is 0 Å². The number of hydrogen-bond acceptors (Lipinski definition) is 3. The molecule has 0 bridgehead atoms. The van der Waals surface area contributed by atoms with Crippen LogP contribution in [0.4, 0.5) is 0 Å². The Labute approximate surface area is 80.2 Å². The van der Waals surface area contributed by atoms with Gasteiger partial charge in [-0.1, -0.05) is 0 Å². The van der Waals surface area contributed by atoms with Crippen LogP contribution in [0.1, 0.15) is 16.1 Å². The Morgan fingerprint density at radius 1 is 1.29 bits per heavy atom. The fourth-order valence-corrected chi connectivity index (χ4v) is 1.28. The largest absolute Gasteiger partial charge is 0.478 e. The smallest absolute Gasteiger partial charge is 0.335 e. The summed E-state index contributed by atoms with van der Waals surface area (Å²) in [6, 6.07) is 6.59. The van der Waals surface area contributed by atoms with Crippen molar-refractivity contribution in [3.05, 3.63) is 35.5 Å². The molecule has 1 aromatic heterocycles. The van der Waals surface area contributed by atoms with Crippen LogP contribution in [0.15, 0.2) is 24.3 Å². The fraction of sp³-hybridized carbons (Fsp3) is 0.100. The van der Waals surface area contributed by atoms with Gasteiger partial charge in [-0.25, -0.2) is 4.79 Å². The molecular formula is C10H8N2O2. The Kier molecular flexibility index (Phi) is 1.89. The van der Waals surface area contributed by atoms with Gasteiger partial charge < -0.3 is 5.11 Å². The van der Waals surface area contributed by atoms with Crippen LogP contribution in [0.5, 0.6) is 0 Å². The summed E-state index contributed by atoms with van der Waals surface area (Å²) in [5, 5.41) is 17.4. The first-order chi connectivity index (χ1) is 6.66. The SMILES string of the molecule is Cc1cc2cc(C(=O)O)ccc2nn1. The van der Waals surface area contributed by atoms with E-state index >= 15 is 0 Å². The molecule has 0 radical (unpaired) electrons. The lowest BCUT2D eigenvalue weighted by Gasteiger charge is -1.98. The lowest BCUT2D eigenvalue weighted by Crippen LogP contribution is -1.96. The van der Waals surface area contributed by atoms with Crippen molar-refractivity contribution < 1.29 is 9.90 Å². The van der Waals surface area contributed by atoms with E-state index in [2.05, 4.69) is 10.2 Å². The molecule has 1 aromatic carbocycles. The number of fused-ring (bicyclic) bond motifs is 1. The first-order valence-corrected chi connectivity index (χ1v) is 4.14. The highest BCUT2D eigenvalue weighted by Gasteiger charge is 2.04. The molecule has 0 atom stereocenters. The topological polar surface area (TPSA) is 63.1 Å². The molecule has 0 aliphatic rings. The van der Waals surface area contributed by atoms with E-state index in [4.69, 9.17) is 5.11 Å². The lowest BCUT2D eigenvalue weighted by molar-refractivity contribution is 0.0697. The first kappa shape index (κ1) is 8.62. The van der Waals surface area contributed by atoms with Gasteiger partial charge >= 0.3 is 5.97 Å². The van der Waals surface area contributed by atoms with Gasteiger partial charge in [-0.05, 0) is 31.2 Å². The number of carboxylic acids is 1. The second-order valence-electron chi connectivity index (χ2n) is 3.06. The Bertz CT molecular complexity index is 508. The number of rotatable bonds is 1. The number of carboxylic acid groups (broad SMARTS) is 1. The lowest BCUT2D eigenvalue weighted by atomic mass is 10.1. The molecule has 2 rings (SSSR count). The van der Waals surface area contributed by atoms with E-state index in [1.165, 1.54) is 6.07 Å². The number of hydrogen-bond donors (Lipinski definition) is 1. The third-order valence-electron chi connectivity index (χ3n) is 1.95. The normalized spacial score (nSPS) is 10.4. The number of aromatic carboxylic acids is 1. The fourth-order valence-electron chi connectivity index (χ4n) is 1.28. The molecule has 0 amide bonds. The van der Waals surface area contributed by atoms with Gasteiger partial charge in [0, 0.05) is 5.39 Å². The summed E-state index contributed by atoms with van der Waals surface area (Å²) in [4.78, 5) is 10.7. The van der Waals surface area contributed by atoms with Gasteiger partial charge in [-0.3, -0.25) is 0 Å². The molecule has 0 saturated heterocycles. The third-order valence-corrected chi connectivity index (χ3v) is 1.95. The monoisotopic (exact) mass is 188 g/mol. The summed E-state index contributed by atoms with van der Waals surface area (Å²) in [5.41, 5.74) is 1.76. The molecule has 1 heterocycles. The highest BCUT2D eigenvalue weighted by atomic mass is 16.4. The predicted octanol–water partition coefficient (Wildman–Crippen LogP) is 1.64. The van der Waals surface area contributed by atoms with E-state index < -0.39 is 5.97 Å². The van der Waals surface area contributed by atoms with E-state index in [0.717, 1.165) is 11.1 Å². The van der Waals surface area contributed by atoms with Crippen molar-refractivity contribution >= 4 is 16.9 Å². The molecule has 4 nitrogen and oxygen atoms in total. The number of nitrogens with zero attached hydrogens (tertiary/aromatic N) is 2. The van der Waals surface area contributed by atoms with Gasteiger partial charge in [0.2, 0.25) is 0 Å². The van der Waals surface area contributed by atoms with Crippen LogP contribution < -0.4 is 0 Å². The average molecular weight is 188 g/mol. The Morgan fingerprint density at radius 2 is 2.07 bits per heavy atom. The number of carbonyl (C=O) groups is 1. The number of aromatic nitrogens is 2. The Morgan fingerprint density at radius 3 is 2.79 bits per heavy atom. The highest BCUT2D eigenvalue weighted by Crippen LogP contribution is 2.13. The van der Waals surface area contributed by atoms with Gasteiger partial charge in [0.25, 0.3) is 0 Å². The van der Waals surface area contributed by atoms with Crippen molar-refractivity contribution in [2.45, 2.75) is 6.92 Å². The molecule has 0 unspecified atom stereocenters. The average Bonchev–Trinajstić information content (AvgIpc) is 2.16. The van der Waals surface area contributed by atoms with Crippen molar-refractivity contribution in [3.8, 4) is 0 Å². The zero-order valence-electron chi connectivity index (χ0n) is 7.56. The Balaban J connectivity index is 2.69. The van der Waals surface area contributed by atoms with Gasteiger partial charge in [0.05, 0.1) is 16.8 Å². The molecule has 0 saturated carbocycles. The third kappa shape index (κ3) is 1.42. The van der Waals surface area contributed by atoms with Crippen molar-refractivity contribution in [3.63, 3.8) is 0 Å². The molecule has 14 heavy (non-hydrogen) atoms. The van der Waals surface area contributed by atoms with Crippen molar-refractivity contribution in [2.24, 2.45) is 0 Å². The van der Waals surface area contributed by atoms with Gasteiger partial charge in [-0.2, -0.15) is 10.2 Å². The summed E-state index contributed by atoms with van der Waals surface area (Å²) in [7, 11) is 0. The standard InChI is InChI=1S/C10H8N2O2/c1-6-4-8-5-7(10(13)14)2-3-9(8)12-11-6/h2-5H,1H3,(H,13,14). The quantitative estimate of drug-likeness (QED) is 0.738. The van der Waals surface area contributed by atoms with E-state index in [1.807, 2.05) is 13.0 Å². The minimum atomic E-state index is -0.929. The molecule has 2 aromatic rings. The zero-order chi connectivity index (χ0) is 10.1.